The van der Waals surface area contributed by atoms with Gasteiger partial charge in [-0.3, -0.25) is 9.89 Å². The molecule has 0 unspecified atom stereocenters. The van der Waals surface area contributed by atoms with Crippen LogP contribution in [-0.2, 0) is 11.3 Å². The summed E-state index contributed by atoms with van der Waals surface area (Å²) in [6.07, 6.45) is -0.0719. The summed E-state index contributed by atoms with van der Waals surface area (Å²) in [7, 11) is 1.64. The lowest BCUT2D eigenvalue weighted by Gasteiger charge is -2.30. The van der Waals surface area contributed by atoms with Crippen LogP contribution in [0.5, 0.6) is 0 Å². The number of aromatic amines is 1. The van der Waals surface area contributed by atoms with Crippen molar-refractivity contribution in [1.82, 2.24) is 25.0 Å². The number of aliphatic carboxylic acids is 1. The number of aryl methyl sites for hydroxylation is 1. The van der Waals surface area contributed by atoms with Crippen LogP contribution < -0.4 is 0 Å². The molecule has 1 aromatic heterocycles. The molecule has 0 spiro atoms. The summed E-state index contributed by atoms with van der Waals surface area (Å²) in [5.74, 6) is 0.295. The normalized spacial score (nSPS) is 10.7. The minimum absolute atomic E-state index is 0.0711. The summed E-state index contributed by atoms with van der Waals surface area (Å²) >= 11 is 0. The number of carbonyl (C=O) groups is 2. The van der Waals surface area contributed by atoms with Crippen molar-refractivity contribution in [1.29, 1.82) is 0 Å². The largest absolute Gasteiger partial charge is 0.481 e. The highest BCUT2D eigenvalue weighted by molar-refractivity contribution is 5.75. The summed E-state index contributed by atoms with van der Waals surface area (Å²) in [4.78, 5) is 30.1. The molecule has 0 aromatic carbocycles. The van der Waals surface area contributed by atoms with Gasteiger partial charge in [0.1, 0.15) is 5.82 Å². The van der Waals surface area contributed by atoms with E-state index in [1.54, 1.807) is 14.0 Å². The number of urea groups is 1. The quantitative estimate of drug-likeness (QED) is 0.805. The third-order valence-electron chi connectivity index (χ3n) is 2.78. The van der Waals surface area contributed by atoms with Gasteiger partial charge < -0.3 is 14.9 Å². The molecule has 0 aliphatic rings. The lowest BCUT2D eigenvalue weighted by molar-refractivity contribution is -0.137. The van der Waals surface area contributed by atoms with Crippen molar-refractivity contribution in [2.24, 2.45) is 0 Å². The van der Waals surface area contributed by atoms with Crippen molar-refractivity contribution >= 4 is 12.0 Å². The van der Waals surface area contributed by atoms with Gasteiger partial charge in [0.25, 0.3) is 0 Å². The third-order valence-corrected chi connectivity index (χ3v) is 2.78. The first-order valence-corrected chi connectivity index (χ1v) is 6.42. The summed E-state index contributed by atoms with van der Waals surface area (Å²) in [5.41, 5.74) is 0. The molecular formula is C12H21N5O3. The number of carbonyl (C=O) groups excluding carboxylic acids is 1. The van der Waals surface area contributed by atoms with Crippen molar-refractivity contribution in [3.05, 3.63) is 11.6 Å². The number of nitrogens with one attached hydrogen (secondary N) is 1. The van der Waals surface area contributed by atoms with Gasteiger partial charge in [-0.15, -0.1) is 0 Å². The molecule has 112 valence electrons. The number of aromatic nitrogens is 3. The van der Waals surface area contributed by atoms with E-state index in [9.17, 15) is 9.59 Å². The lowest BCUT2D eigenvalue weighted by atomic mass is 10.3. The molecule has 20 heavy (non-hydrogen) atoms. The zero-order valence-corrected chi connectivity index (χ0v) is 12.3. The lowest BCUT2D eigenvalue weighted by Crippen LogP contribution is -2.45. The van der Waals surface area contributed by atoms with Crippen LogP contribution in [0, 0.1) is 6.92 Å². The first kappa shape index (κ1) is 15.9. The van der Waals surface area contributed by atoms with Crippen molar-refractivity contribution in [2.75, 3.05) is 13.6 Å². The zero-order chi connectivity index (χ0) is 15.3. The Morgan fingerprint density at radius 1 is 1.40 bits per heavy atom. The van der Waals surface area contributed by atoms with Gasteiger partial charge in [0.05, 0.1) is 13.0 Å². The van der Waals surface area contributed by atoms with Gasteiger partial charge in [0.15, 0.2) is 5.82 Å². The molecule has 0 saturated heterocycles. The molecule has 0 atom stereocenters. The molecular weight excluding hydrogens is 262 g/mol. The summed E-state index contributed by atoms with van der Waals surface area (Å²) < 4.78 is 0. The second-order valence-electron chi connectivity index (χ2n) is 4.91. The molecule has 1 aromatic rings. The van der Waals surface area contributed by atoms with E-state index in [1.165, 1.54) is 9.80 Å². The fourth-order valence-electron chi connectivity index (χ4n) is 1.75. The number of carboxylic acids is 1. The SMILES string of the molecule is Cc1nc(CN(C)C(=O)N(CCC(=O)O)C(C)C)n[nH]1. The second kappa shape index (κ2) is 6.88. The van der Waals surface area contributed by atoms with Crippen molar-refractivity contribution < 1.29 is 14.7 Å². The van der Waals surface area contributed by atoms with E-state index >= 15 is 0 Å². The van der Waals surface area contributed by atoms with Gasteiger partial charge in [-0.1, -0.05) is 0 Å². The van der Waals surface area contributed by atoms with E-state index in [4.69, 9.17) is 5.11 Å². The number of H-pyrrole nitrogens is 1. The third kappa shape index (κ3) is 4.52. The average molecular weight is 283 g/mol. The van der Waals surface area contributed by atoms with Gasteiger partial charge in [0, 0.05) is 19.6 Å². The Bertz CT molecular complexity index is 471. The van der Waals surface area contributed by atoms with E-state index in [0.717, 1.165) is 0 Å². The van der Waals surface area contributed by atoms with Gasteiger partial charge in [0.2, 0.25) is 0 Å². The number of hydrogen-bond acceptors (Lipinski definition) is 4. The Kier molecular flexibility index (Phi) is 5.48. The number of nitrogens with zero attached hydrogens (tertiary/aromatic N) is 4. The second-order valence-corrected chi connectivity index (χ2v) is 4.91. The standard InChI is InChI=1S/C12H21N5O3/c1-8(2)17(6-5-11(18)19)12(20)16(4)7-10-13-9(3)14-15-10/h8H,5-7H2,1-4H3,(H,18,19)(H,13,14,15). The van der Waals surface area contributed by atoms with Crippen LogP contribution >= 0.6 is 0 Å². The molecule has 0 bridgehead atoms. The van der Waals surface area contributed by atoms with Gasteiger partial charge in [-0.05, 0) is 20.8 Å². The summed E-state index contributed by atoms with van der Waals surface area (Å²) in [6.45, 7) is 5.95. The number of carboxylic acid groups (broad SMARTS) is 1. The fraction of sp³-hybridized carbons (Fsp3) is 0.667. The Labute approximate surface area is 117 Å². The van der Waals surface area contributed by atoms with Crippen LogP contribution in [0.2, 0.25) is 0 Å². The van der Waals surface area contributed by atoms with Crippen molar-refractivity contribution in [2.45, 2.75) is 39.8 Å². The Morgan fingerprint density at radius 2 is 2.05 bits per heavy atom. The maximum absolute atomic E-state index is 12.3. The van der Waals surface area contributed by atoms with Gasteiger partial charge in [-0.25, -0.2) is 9.78 Å². The monoisotopic (exact) mass is 283 g/mol. The topological polar surface area (TPSA) is 102 Å². The van der Waals surface area contributed by atoms with E-state index in [0.29, 0.717) is 11.6 Å². The number of rotatable bonds is 6. The minimum Gasteiger partial charge on any atom is -0.481 e. The highest BCUT2D eigenvalue weighted by Crippen LogP contribution is 2.07. The molecule has 1 heterocycles. The smallest absolute Gasteiger partial charge is 0.320 e. The Hall–Kier alpha value is -2.12. The molecule has 0 saturated carbocycles. The molecule has 1 rings (SSSR count). The van der Waals surface area contributed by atoms with Crippen LogP contribution in [0.3, 0.4) is 0 Å². The zero-order valence-electron chi connectivity index (χ0n) is 12.3. The molecule has 0 radical (unpaired) electrons. The highest BCUT2D eigenvalue weighted by Gasteiger charge is 2.22. The van der Waals surface area contributed by atoms with Gasteiger partial charge in [-0.2, -0.15) is 5.10 Å². The maximum atomic E-state index is 12.3. The number of amides is 2. The molecule has 2 amide bonds. The van der Waals surface area contributed by atoms with E-state index in [2.05, 4.69) is 15.2 Å². The molecule has 0 aliphatic carbocycles. The predicted molar refractivity (Wildman–Crippen MR) is 72.1 cm³/mol. The van der Waals surface area contributed by atoms with Crippen LogP contribution in [0.1, 0.15) is 31.9 Å². The molecule has 0 aliphatic heterocycles. The Balaban J connectivity index is 2.65. The predicted octanol–water partition coefficient (Wildman–Crippen LogP) is 0.850. The van der Waals surface area contributed by atoms with Crippen LogP contribution in [-0.4, -0.2) is 61.7 Å². The molecule has 0 fully saturated rings. The Morgan fingerprint density at radius 3 is 2.50 bits per heavy atom. The van der Waals surface area contributed by atoms with Crippen LogP contribution in [0.15, 0.2) is 0 Å². The van der Waals surface area contributed by atoms with E-state index in [1.807, 2.05) is 13.8 Å². The molecule has 8 heteroatoms. The number of hydrogen-bond donors (Lipinski definition) is 2. The molecule has 8 nitrogen and oxygen atoms in total. The van der Waals surface area contributed by atoms with Crippen LogP contribution in [0.25, 0.3) is 0 Å². The summed E-state index contributed by atoms with van der Waals surface area (Å²) in [6, 6.07) is -0.304. The van der Waals surface area contributed by atoms with Gasteiger partial charge >= 0.3 is 12.0 Å². The maximum Gasteiger partial charge on any atom is 0.320 e. The fourth-order valence-corrected chi connectivity index (χ4v) is 1.75. The average Bonchev–Trinajstić information content (AvgIpc) is 2.73. The van der Waals surface area contributed by atoms with E-state index < -0.39 is 5.97 Å². The van der Waals surface area contributed by atoms with E-state index in [-0.39, 0.29) is 31.6 Å². The highest BCUT2D eigenvalue weighted by atomic mass is 16.4. The summed E-state index contributed by atoms with van der Waals surface area (Å²) in [5, 5.41) is 15.4. The first-order valence-electron chi connectivity index (χ1n) is 6.42. The van der Waals surface area contributed by atoms with Crippen LogP contribution in [0.4, 0.5) is 4.79 Å². The first-order chi connectivity index (χ1) is 9.31. The minimum atomic E-state index is -0.921. The van der Waals surface area contributed by atoms with Crippen molar-refractivity contribution in [3.8, 4) is 0 Å². The van der Waals surface area contributed by atoms with Crippen molar-refractivity contribution in [3.63, 3.8) is 0 Å². The molecule has 2 N–H and O–H groups in total.